The monoisotopic (exact) mass is 396 g/mol. The molecule has 0 radical (unpaired) electrons. The van der Waals surface area contributed by atoms with E-state index in [2.05, 4.69) is 23.1 Å². The van der Waals surface area contributed by atoms with Gasteiger partial charge in [-0.15, -0.1) is 0 Å². The van der Waals surface area contributed by atoms with Crippen molar-refractivity contribution in [3.05, 3.63) is 59.2 Å². The van der Waals surface area contributed by atoms with Crippen molar-refractivity contribution in [1.82, 2.24) is 9.80 Å². The van der Waals surface area contributed by atoms with E-state index in [4.69, 9.17) is 14.2 Å². The second-order valence-corrected chi connectivity index (χ2v) is 7.89. The van der Waals surface area contributed by atoms with Crippen molar-refractivity contribution in [1.29, 1.82) is 0 Å². The van der Waals surface area contributed by atoms with Crippen molar-refractivity contribution >= 4 is 6.09 Å². The summed E-state index contributed by atoms with van der Waals surface area (Å²) in [7, 11) is 3.37. The molecule has 2 saturated heterocycles. The number of amides is 1. The molecule has 4 rings (SSSR count). The predicted octanol–water partition coefficient (Wildman–Crippen LogP) is 3.26. The molecule has 29 heavy (non-hydrogen) atoms. The van der Waals surface area contributed by atoms with Crippen LogP contribution in [0.2, 0.25) is 0 Å². The van der Waals surface area contributed by atoms with Crippen molar-refractivity contribution in [2.75, 3.05) is 40.5 Å². The number of methoxy groups -OCH3 is 2. The average Bonchev–Trinajstić information content (AvgIpc) is 3.05. The Morgan fingerprint density at radius 1 is 1.07 bits per heavy atom. The summed E-state index contributed by atoms with van der Waals surface area (Å²) in [6.07, 6.45) is 0.591. The lowest BCUT2D eigenvalue weighted by Crippen LogP contribution is -2.62. The Morgan fingerprint density at radius 3 is 2.59 bits per heavy atom. The number of rotatable bonds is 6. The van der Waals surface area contributed by atoms with Gasteiger partial charge in [-0.25, -0.2) is 4.79 Å². The first-order chi connectivity index (χ1) is 14.1. The summed E-state index contributed by atoms with van der Waals surface area (Å²) in [5.41, 5.74) is 3.02. The van der Waals surface area contributed by atoms with Crippen molar-refractivity contribution < 1.29 is 19.0 Å². The zero-order valence-corrected chi connectivity index (χ0v) is 17.3. The highest BCUT2D eigenvalue weighted by atomic mass is 16.6. The summed E-state index contributed by atoms with van der Waals surface area (Å²) in [4.78, 5) is 16.7. The molecule has 2 aliphatic rings. The highest BCUT2D eigenvalue weighted by Crippen LogP contribution is 2.35. The van der Waals surface area contributed by atoms with Gasteiger partial charge in [-0.1, -0.05) is 36.4 Å². The maximum atomic E-state index is 12.3. The number of hydrogen-bond donors (Lipinski definition) is 0. The molecule has 154 valence electrons. The molecule has 2 aliphatic heterocycles. The van der Waals surface area contributed by atoms with Gasteiger partial charge in [0.1, 0.15) is 18.1 Å². The molecular formula is C23H28N2O4. The lowest BCUT2D eigenvalue weighted by atomic mass is 9.88. The molecule has 0 spiro atoms. The van der Waals surface area contributed by atoms with Crippen LogP contribution in [0.4, 0.5) is 4.79 Å². The molecule has 1 unspecified atom stereocenters. The number of carbonyl (C=O) groups excluding carboxylic acids is 1. The van der Waals surface area contributed by atoms with Crippen LogP contribution in [0, 0.1) is 6.92 Å². The predicted molar refractivity (Wildman–Crippen MR) is 110 cm³/mol. The van der Waals surface area contributed by atoms with E-state index in [9.17, 15) is 4.79 Å². The van der Waals surface area contributed by atoms with Crippen LogP contribution in [-0.4, -0.2) is 61.9 Å². The Bertz CT molecular complexity index is 886. The van der Waals surface area contributed by atoms with Gasteiger partial charge in [-0.2, -0.15) is 0 Å². The van der Waals surface area contributed by atoms with Gasteiger partial charge in [-0.3, -0.25) is 9.80 Å². The van der Waals surface area contributed by atoms with E-state index in [0.29, 0.717) is 13.2 Å². The molecule has 0 N–H and O–H groups in total. The van der Waals surface area contributed by atoms with Crippen LogP contribution in [0.5, 0.6) is 11.5 Å². The van der Waals surface area contributed by atoms with Gasteiger partial charge in [0, 0.05) is 43.7 Å². The molecule has 2 aromatic rings. The molecular weight excluding hydrogens is 368 g/mol. The van der Waals surface area contributed by atoms with Gasteiger partial charge < -0.3 is 14.2 Å². The number of fused-ring (bicyclic) bond motifs is 1. The zero-order valence-electron chi connectivity index (χ0n) is 17.3. The molecule has 1 amide bonds. The fraction of sp³-hybridized carbons (Fsp3) is 0.435. The van der Waals surface area contributed by atoms with E-state index in [1.807, 2.05) is 36.1 Å². The molecule has 2 fully saturated rings. The maximum Gasteiger partial charge on any atom is 0.410 e. The largest absolute Gasteiger partial charge is 0.496 e. The minimum Gasteiger partial charge on any atom is -0.496 e. The second kappa shape index (κ2) is 7.95. The van der Waals surface area contributed by atoms with Crippen LogP contribution in [0.15, 0.2) is 42.5 Å². The Balaban J connectivity index is 1.58. The first-order valence-corrected chi connectivity index (χ1v) is 9.97. The van der Waals surface area contributed by atoms with E-state index in [0.717, 1.165) is 48.7 Å². The average molecular weight is 396 g/mol. The lowest BCUT2D eigenvalue weighted by molar-refractivity contribution is 0.0472. The number of benzene rings is 2. The van der Waals surface area contributed by atoms with Crippen molar-refractivity contribution in [2.24, 2.45) is 0 Å². The number of cyclic esters (lactones) is 1. The Kier molecular flexibility index (Phi) is 5.37. The molecule has 2 heterocycles. The second-order valence-electron chi connectivity index (χ2n) is 7.89. The van der Waals surface area contributed by atoms with Gasteiger partial charge in [0.25, 0.3) is 0 Å². The van der Waals surface area contributed by atoms with Crippen molar-refractivity contribution in [3.63, 3.8) is 0 Å². The third-order valence-corrected chi connectivity index (χ3v) is 6.05. The minimum absolute atomic E-state index is 0.196. The van der Waals surface area contributed by atoms with Crippen LogP contribution in [-0.2, 0) is 17.7 Å². The topological polar surface area (TPSA) is 51.2 Å². The smallest absolute Gasteiger partial charge is 0.410 e. The SMILES string of the molecule is COc1ccc(CN2CCN3C(=O)OCC3(Cc3ccccc3)C2)c(OC)c1C. The highest BCUT2D eigenvalue weighted by Gasteiger charge is 2.50. The van der Waals surface area contributed by atoms with Crippen LogP contribution >= 0.6 is 0 Å². The van der Waals surface area contributed by atoms with E-state index < -0.39 is 0 Å². The molecule has 6 nitrogen and oxygen atoms in total. The summed E-state index contributed by atoms with van der Waals surface area (Å²) in [5.74, 6) is 1.69. The summed E-state index contributed by atoms with van der Waals surface area (Å²) in [6, 6.07) is 14.4. The van der Waals surface area contributed by atoms with E-state index >= 15 is 0 Å². The lowest BCUT2D eigenvalue weighted by Gasteiger charge is -2.45. The zero-order chi connectivity index (χ0) is 20.4. The Hall–Kier alpha value is -2.73. The number of hydrogen-bond acceptors (Lipinski definition) is 5. The Labute approximate surface area is 172 Å². The summed E-state index contributed by atoms with van der Waals surface area (Å²) < 4.78 is 16.6. The summed E-state index contributed by atoms with van der Waals surface area (Å²) in [6.45, 7) is 5.44. The first kappa shape index (κ1) is 19.6. The van der Waals surface area contributed by atoms with E-state index in [1.54, 1.807) is 14.2 Å². The number of carbonyl (C=O) groups is 1. The quantitative estimate of drug-likeness (QED) is 0.750. The fourth-order valence-corrected chi connectivity index (χ4v) is 4.66. The van der Waals surface area contributed by atoms with Crippen LogP contribution in [0.1, 0.15) is 16.7 Å². The van der Waals surface area contributed by atoms with E-state index in [-0.39, 0.29) is 11.6 Å². The highest BCUT2D eigenvalue weighted by molar-refractivity contribution is 5.71. The molecule has 6 heteroatoms. The van der Waals surface area contributed by atoms with Crippen molar-refractivity contribution in [3.8, 4) is 11.5 Å². The Morgan fingerprint density at radius 2 is 1.86 bits per heavy atom. The van der Waals surface area contributed by atoms with E-state index in [1.165, 1.54) is 5.56 Å². The van der Waals surface area contributed by atoms with Crippen molar-refractivity contribution in [2.45, 2.75) is 25.4 Å². The third-order valence-electron chi connectivity index (χ3n) is 6.05. The van der Waals surface area contributed by atoms with Gasteiger partial charge >= 0.3 is 6.09 Å². The third kappa shape index (κ3) is 3.65. The molecule has 2 aromatic carbocycles. The van der Waals surface area contributed by atoms with Gasteiger partial charge in [0.15, 0.2) is 0 Å². The molecule has 0 aromatic heterocycles. The molecule has 0 aliphatic carbocycles. The molecule has 0 bridgehead atoms. The van der Waals surface area contributed by atoms with Gasteiger partial charge in [0.05, 0.1) is 19.8 Å². The minimum atomic E-state index is -0.328. The molecule has 1 atom stereocenters. The molecule has 0 saturated carbocycles. The summed E-state index contributed by atoms with van der Waals surface area (Å²) in [5, 5.41) is 0. The van der Waals surface area contributed by atoms with Gasteiger partial charge in [-0.05, 0) is 18.6 Å². The normalized spacial score (nSPS) is 21.6. The number of ether oxygens (including phenoxy) is 3. The maximum absolute atomic E-state index is 12.3. The van der Waals surface area contributed by atoms with Crippen LogP contribution < -0.4 is 9.47 Å². The number of nitrogens with zero attached hydrogens (tertiary/aromatic N) is 2. The fourth-order valence-electron chi connectivity index (χ4n) is 4.66. The summed E-state index contributed by atoms with van der Waals surface area (Å²) >= 11 is 0. The first-order valence-electron chi connectivity index (χ1n) is 9.97. The number of piperazine rings is 1. The van der Waals surface area contributed by atoms with Crippen LogP contribution in [0.3, 0.4) is 0 Å². The standard InChI is InChI=1S/C23H28N2O4/c1-17-20(27-2)10-9-19(21(17)28-3)14-24-11-12-25-22(26)29-16-23(25,15-24)13-18-7-5-4-6-8-18/h4-10H,11-16H2,1-3H3. The van der Waals surface area contributed by atoms with Crippen LogP contribution in [0.25, 0.3) is 0 Å². The van der Waals surface area contributed by atoms with Gasteiger partial charge in [0.2, 0.25) is 0 Å².